The Morgan fingerprint density at radius 2 is 0.857 bits per heavy atom. The van der Waals surface area contributed by atoms with Gasteiger partial charge in [-0.15, -0.1) is 0 Å². The first-order valence-electron chi connectivity index (χ1n) is 21.1. The van der Waals surface area contributed by atoms with Gasteiger partial charge in [0, 0.05) is 18.7 Å². The molecule has 0 bridgehead atoms. The highest BCUT2D eigenvalue weighted by Gasteiger charge is 2.53. The Kier molecular flexibility index (Phi) is 17.3. The van der Waals surface area contributed by atoms with Crippen molar-refractivity contribution >= 4 is 23.7 Å². The lowest BCUT2D eigenvalue weighted by molar-refractivity contribution is -0.330. The number of hydrogen-bond donors (Lipinski definition) is 1. The van der Waals surface area contributed by atoms with Crippen molar-refractivity contribution < 1.29 is 57.3 Å². The number of aliphatic hydroxyl groups excluding tert-OH is 1. The lowest BCUT2D eigenvalue weighted by atomic mass is 9.97. The minimum Gasteiger partial charge on any atom is -0.457 e. The fourth-order valence-corrected chi connectivity index (χ4v) is 8.70. The molecule has 12 nitrogen and oxygen atoms in total. The molecule has 13 heteroatoms. The Labute approximate surface area is 372 Å². The predicted molar refractivity (Wildman–Crippen MR) is 234 cm³/mol. The highest BCUT2D eigenvalue weighted by atomic mass is 32.2. The maximum atomic E-state index is 13.0. The minimum atomic E-state index is -1.18. The first kappa shape index (κ1) is 46.1. The van der Waals surface area contributed by atoms with Crippen LogP contribution in [-0.4, -0.2) is 90.8 Å². The first-order valence-corrected chi connectivity index (χ1v) is 21.9. The summed E-state index contributed by atoms with van der Waals surface area (Å²) in [5.41, 5.74) is 2.94. The lowest BCUT2D eigenvalue weighted by Crippen LogP contribution is -2.63. The van der Waals surface area contributed by atoms with Gasteiger partial charge in [0.2, 0.25) is 0 Å². The number of aliphatic hydroxyl groups is 1. The van der Waals surface area contributed by atoms with Crippen molar-refractivity contribution in [2.24, 2.45) is 0 Å². The zero-order valence-corrected chi connectivity index (χ0v) is 36.1. The van der Waals surface area contributed by atoms with Gasteiger partial charge in [-0.1, -0.05) is 151 Å². The molecule has 0 aliphatic carbocycles. The Bertz CT molecular complexity index is 2100. The van der Waals surface area contributed by atoms with Crippen molar-refractivity contribution in [3.63, 3.8) is 0 Å². The van der Waals surface area contributed by atoms with Crippen LogP contribution in [-0.2, 0) is 78.6 Å². The topological polar surface area (TPSA) is 137 Å². The van der Waals surface area contributed by atoms with E-state index in [4.69, 9.17) is 42.6 Å². The molecule has 7 rings (SSSR count). The van der Waals surface area contributed by atoms with Crippen LogP contribution >= 0.6 is 11.8 Å². The Morgan fingerprint density at radius 3 is 1.29 bits per heavy atom. The van der Waals surface area contributed by atoms with Crippen LogP contribution in [0, 0.1) is 0 Å². The number of carbonyl (C=O) groups is 2. The minimum absolute atomic E-state index is 0.137. The van der Waals surface area contributed by atoms with Crippen LogP contribution in [0.3, 0.4) is 0 Å². The number of carbonyl (C=O) groups excluding carboxylic acids is 2. The summed E-state index contributed by atoms with van der Waals surface area (Å²) < 4.78 is 58.5. The van der Waals surface area contributed by atoms with Gasteiger partial charge < -0.3 is 47.7 Å². The molecule has 2 aliphatic heterocycles. The molecule has 332 valence electrons. The summed E-state index contributed by atoms with van der Waals surface area (Å²) in [6, 6.07) is 48.5. The molecule has 5 aromatic carbocycles. The fraction of sp³-hybridized carbons (Fsp3) is 0.360. The second-order valence-electron chi connectivity index (χ2n) is 15.2. The number of thioether (sulfide) groups is 1. The Morgan fingerprint density at radius 1 is 0.476 bits per heavy atom. The highest BCUT2D eigenvalue weighted by molar-refractivity contribution is 7.99. The van der Waals surface area contributed by atoms with E-state index in [2.05, 4.69) is 0 Å². The summed E-state index contributed by atoms with van der Waals surface area (Å²) in [4.78, 5) is 26.5. The van der Waals surface area contributed by atoms with Crippen LogP contribution in [0.25, 0.3) is 0 Å². The second kappa shape index (κ2) is 23.7. The molecule has 1 N–H and O–H groups in total. The average molecular weight is 879 g/mol. The zero-order valence-electron chi connectivity index (χ0n) is 35.3. The third kappa shape index (κ3) is 13.3. The van der Waals surface area contributed by atoms with E-state index < -0.39 is 79.1 Å². The summed E-state index contributed by atoms with van der Waals surface area (Å²) in [5.74, 6) is -1.13. The normalized spacial score (nSPS) is 25.8. The molecular formula is C50H54O12S. The van der Waals surface area contributed by atoms with Crippen molar-refractivity contribution in [2.45, 2.75) is 106 Å². The SMILES string of the molecule is CC(=O)OC1C(CO)OC(OCC2OC(Sc3ccccc3)C(OCc3ccccc3)C(OCc3ccccc3)C2OC(C)=O)C(OCc2ccccc2)C1OCc1ccccc1. The van der Waals surface area contributed by atoms with Gasteiger partial charge in [0.05, 0.1) is 39.6 Å². The molecule has 5 aromatic rings. The summed E-state index contributed by atoms with van der Waals surface area (Å²) in [6.07, 6.45) is -8.73. The van der Waals surface area contributed by atoms with Crippen molar-refractivity contribution in [1.29, 1.82) is 0 Å². The second-order valence-corrected chi connectivity index (χ2v) is 16.4. The molecule has 63 heavy (non-hydrogen) atoms. The van der Waals surface area contributed by atoms with Crippen LogP contribution in [0.1, 0.15) is 36.1 Å². The first-order chi connectivity index (χ1) is 30.8. The van der Waals surface area contributed by atoms with E-state index in [9.17, 15) is 14.7 Å². The predicted octanol–water partition coefficient (Wildman–Crippen LogP) is 7.44. The average Bonchev–Trinajstić information content (AvgIpc) is 3.31. The zero-order chi connectivity index (χ0) is 43.8. The van der Waals surface area contributed by atoms with Crippen LogP contribution in [0.4, 0.5) is 0 Å². The molecule has 2 saturated heterocycles. The van der Waals surface area contributed by atoms with E-state index in [1.807, 2.05) is 152 Å². The van der Waals surface area contributed by atoms with E-state index in [1.54, 1.807) is 0 Å². The van der Waals surface area contributed by atoms with E-state index in [0.717, 1.165) is 27.1 Å². The summed E-state index contributed by atoms with van der Waals surface area (Å²) in [6.45, 7) is 2.64. The van der Waals surface area contributed by atoms with E-state index >= 15 is 0 Å². The lowest BCUT2D eigenvalue weighted by Gasteiger charge is -2.47. The molecule has 0 aromatic heterocycles. The number of ether oxygens (including phenoxy) is 9. The maximum Gasteiger partial charge on any atom is 0.303 e. The summed E-state index contributed by atoms with van der Waals surface area (Å²) in [7, 11) is 0. The van der Waals surface area contributed by atoms with E-state index in [-0.39, 0.29) is 33.0 Å². The van der Waals surface area contributed by atoms with Gasteiger partial charge in [-0.25, -0.2) is 0 Å². The van der Waals surface area contributed by atoms with Gasteiger partial charge >= 0.3 is 11.9 Å². The number of benzene rings is 5. The van der Waals surface area contributed by atoms with Crippen LogP contribution in [0.15, 0.2) is 157 Å². The van der Waals surface area contributed by atoms with E-state index in [1.165, 1.54) is 25.6 Å². The largest absolute Gasteiger partial charge is 0.457 e. The van der Waals surface area contributed by atoms with Crippen LogP contribution in [0.2, 0.25) is 0 Å². The number of hydrogen-bond acceptors (Lipinski definition) is 13. The molecule has 0 saturated carbocycles. The standard InChI is InChI=1S/C50H54O12S/c1-34(52)59-43-41(28-51)61-49(47(56-31-38-22-12-5-13-23-38)45(43)54-29-36-18-8-3-9-19-36)58-33-42-44(60-35(2)53)46(55-30-37-20-10-4-11-21-37)48(57-32-39-24-14-6-15-25-39)50(62-42)63-40-26-16-7-17-27-40/h3-27,41-51H,28-33H2,1-2H3. The number of rotatable bonds is 20. The van der Waals surface area contributed by atoms with Crippen molar-refractivity contribution in [2.75, 3.05) is 13.2 Å². The molecule has 0 radical (unpaired) electrons. The fourth-order valence-electron chi connectivity index (χ4n) is 7.56. The smallest absolute Gasteiger partial charge is 0.303 e. The van der Waals surface area contributed by atoms with Gasteiger partial charge in [-0.05, 0) is 34.4 Å². The van der Waals surface area contributed by atoms with Gasteiger partial charge in [0.25, 0.3) is 0 Å². The molecule has 2 aliphatic rings. The third-order valence-corrected chi connectivity index (χ3v) is 11.7. The van der Waals surface area contributed by atoms with Crippen LogP contribution < -0.4 is 0 Å². The monoisotopic (exact) mass is 878 g/mol. The third-order valence-electron chi connectivity index (χ3n) is 10.5. The maximum absolute atomic E-state index is 13.0. The van der Waals surface area contributed by atoms with E-state index in [0.29, 0.717) is 0 Å². The molecule has 10 unspecified atom stereocenters. The molecule has 10 atom stereocenters. The summed E-state index contributed by atoms with van der Waals surface area (Å²) in [5, 5.41) is 10.7. The van der Waals surface area contributed by atoms with Gasteiger partial charge in [-0.3, -0.25) is 9.59 Å². The van der Waals surface area contributed by atoms with Crippen molar-refractivity contribution in [3.05, 3.63) is 174 Å². The van der Waals surface area contributed by atoms with Crippen LogP contribution in [0.5, 0.6) is 0 Å². The summed E-state index contributed by atoms with van der Waals surface area (Å²) >= 11 is 1.46. The molecule has 2 heterocycles. The number of esters is 2. The van der Waals surface area contributed by atoms with Crippen molar-refractivity contribution in [3.8, 4) is 0 Å². The molecule has 0 amide bonds. The molecular weight excluding hydrogens is 825 g/mol. The quantitative estimate of drug-likeness (QED) is 0.0777. The Balaban J connectivity index is 1.22. The van der Waals surface area contributed by atoms with Gasteiger partial charge in [0.15, 0.2) is 18.5 Å². The van der Waals surface area contributed by atoms with Gasteiger partial charge in [0.1, 0.15) is 42.1 Å². The molecule has 2 fully saturated rings. The van der Waals surface area contributed by atoms with Gasteiger partial charge in [-0.2, -0.15) is 0 Å². The van der Waals surface area contributed by atoms with Crippen molar-refractivity contribution in [1.82, 2.24) is 0 Å². The Hall–Kier alpha value is -4.93. The molecule has 0 spiro atoms. The highest BCUT2D eigenvalue weighted by Crippen LogP contribution is 2.39.